The van der Waals surface area contributed by atoms with Gasteiger partial charge in [-0.25, -0.2) is 4.39 Å². The fourth-order valence-electron chi connectivity index (χ4n) is 2.46. The maximum atomic E-state index is 13.7. The molecule has 1 N–H and O–H groups in total. The molecule has 0 saturated carbocycles. The normalized spacial score (nSPS) is 20.9. The van der Waals surface area contributed by atoms with Crippen LogP contribution in [-0.4, -0.2) is 31.1 Å². The molecule has 1 aliphatic rings. The molecule has 2 rings (SSSR count). The molecule has 1 aromatic carbocycles. The van der Waals surface area contributed by atoms with Crippen molar-refractivity contribution < 1.29 is 17.6 Å². The molecule has 0 spiro atoms. The Morgan fingerprint density at radius 1 is 1.30 bits per heavy atom. The summed E-state index contributed by atoms with van der Waals surface area (Å²) < 4.78 is 51.0. The third-order valence-corrected chi connectivity index (χ3v) is 3.75. The Hall–Kier alpha value is -1.30. The summed E-state index contributed by atoms with van der Waals surface area (Å²) in [5, 5.41) is 2.91. The molecule has 1 fully saturated rings. The Morgan fingerprint density at radius 2 is 2.05 bits per heavy atom. The van der Waals surface area contributed by atoms with Gasteiger partial charge in [0.2, 0.25) is 0 Å². The maximum absolute atomic E-state index is 13.7. The Balaban J connectivity index is 1.99. The molecule has 1 aliphatic heterocycles. The average molecular weight is 290 g/mol. The number of hydrogen-bond acceptors (Lipinski definition) is 2. The van der Waals surface area contributed by atoms with Gasteiger partial charge in [-0.3, -0.25) is 0 Å². The number of anilines is 1. The highest BCUT2D eigenvalue weighted by Crippen LogP contribution is 2.31. The van der Waals surface area contributed by atoms with Crippen LogP contribution in [0.2, 0.25) is 0 Å². The van der Waals surface area contributed by atoms with Crippen LogP contribution in [0.3, 0.4) is 0 Å². The lowest BCUT2D eigenvalue weighted by molar-refractivity contribution is -0.137. The van der Waals surface area contributed by atoms with Crippen LogP contribution in [0.5, 0.6) is 0 Å². The quantitative estimate of drug-likeness (QED) is 0.853. The molecule has 0 amide bonds. The SMILES string of the molecule is CN1CCCCC1CNc1ccc(C(F)(F)F)cc1F. The van der Waals surface area contributed by atoms with Crippen molar-refractivity contribution in [3.05, 3.63) is 29.6 Å². The monoisotopic (exact) mass is 290 g/mol. The van der Waals surface area contributed by atoms with Gasteiger partial charge in [0, 0.05) is 12.6 Å². The average Bonchev–Trinajstić information content (AvgIpc) is 2.38. The number of nitrogens with zero attached hydrogens (tertiary/aromatic N) is 1. The zero-order valence-corrected chi connectivity index (χ0v) is 11.3. The second-order valence-corrected chi connectivity index (χ2v) is 5.20. The summed E-state index contributed by atoms with van der Waals surface area (Å²) in [4.78, 5) is 2.19. The van der Waals surface area contributed by atoms with Gasteiger partial charge in [-0.15, -0.1) is 0 Å². The fraction of sp³-hybridized carbons (Fsp3) is 0.571. The molecule has 1 aromatic rings. The highest BCUT2D eigenvalue weighted by molar-refractivity contribution is 5.47. The van der Waals surface area contributed by atoms with Crippen molar-refractivity contribution in [2.24, 2.45) is 0 Å². The molecule has 112 valence electrons. The van der Waals surface area contributed by atoms with Gasteiger partial charge in [0.15, 0.2) is 0 Å². The summed E-state index contributed by atoms with van der Waals surface area (Å²) >= 11 is 0. The standard InChI is InChI=1S/C14H18F4N2/c1-20-7-3-2-4-11(20)9-19-13-6-5-10(8-12(13)15)14(16,17)18/h5-6,8,11,19H,2-4,7,9H2,1H3. The third kappa shape index (κ3) is 3.62. The summed E-state index contributed by atoms with van der Waals surface area (Å²) in [6.45, 7) is 1.54. The highest BCUT2D eigenvalue weighted by Gasteiger charge is 2.31. The smallest absolute Gasteiger partial charge is 0.381 e. The number of likely N-dealkylation sites (tertiary alicyclic amines) is 1. The number of likely N-dealkylation sites (N-methyl/N-ethyl adjacent to an activating group) is 1. The first-order valence-corrected chi connectivity index (χ1v) is 6.69. The lowest BCUT2D eigenvalue weighted by Crippen LogP contribution is -2.40. The van der Waals surface area contributed by atoms with Gasteiger partial charge >= 0.3 is 6.18 Å². The predicted molar refractivity (Wildman–Crippen MR) is 70.2 cm³/mol. The van der Waals surface area contributed by atoms with Crippen molar-refractivity contribution in [3.63, 3.8) is 0 Å². The predicted octanol–water partition coefficient (Wildman–Crippen LogP) is 3.74. The van der Waals surface area contributed by atoms with Gasteiger partial charge in [0.1, 0.15) is 5.82 Å². The van der Waals surface area contributed by atoms with Crippen LogP contribution < -0.4 is 5.32 Å². The molecule has 0 radical (unpaired) electrons. The van der Waals surface area contributed by atoms with Gasteiger partial charge in [0.05, 0.1) is 11.3 Å². The summed E-state index contributed by atoms with van der Waals surface area (Å²) in [5.41, 5.74) is -0.840. The Kier molecular flexibility index (Phi) is 4.52. The van der Waals surface area contributed by atoms with E-state index in [0.717, 1.165) is 37.9 Å². The van der Waals surface area contributed by atoms with E-state index in [1.54, 1.807) is 0 Å². The summed E-state index contributed by atoms with van der Waals surface area (Å²) in [5.74, 6) is -0.863. The van der Waals surface area contributed by atoms with Crippen molar-refractivity contribution in [1.82, 2.24) is 4.90 Å². The van der Waals surface area contributed by atoms with Crippen LogP contribution in [0.1, 0.15) is 24.8 Å². The molecule has 1 unspecified atom stereocenters. The molecular formula is C14H18F4N2. The second kappa shape index (κ2) is 5.99. The number of alkyl halides is 3. The molecule has 1 heterocycles. The minimum Gasteiger partial charge on any atom is -0.381 e. The molecule has 2 nitrogen and oxygen atoms in total. The van der Waals surface area contributed by atoms with E-state index in [2.05, 4.69) is 10.2 Å². The van der Waals surface area contributed by atoms with E-state index in [0.29, 0.717) is 18.7 Å². The molecule has 6 heteroatoms. The van der Waals surface area contributed by atoms with E-state index >= 15 is 0 Å². The van der Waals surface area contributed by atoms with Crippen LogP contribution >= 0.6 is 0 Å². The third-order valence-electron chi connectivity index (χ3n) is 3.75. The number of nitrogens with one attached hydrogen (secondary N) is 1. The van der Waals surface area contributed by atoms with Crippen LogP contribution in [-0.2, 0) is 6.18 Å². The van der Waals surface area contributed by atoms with Crippen LogP contribution in [0, 0.1) is 5.82 Å². The van der Waals surface area contributed by atoms with Crippen molar-refractivity contribution >= 4 is 5.69 Å². The lowest BCUT2D eigenvalue weighted by Gasteiger charge is -2.32. The summed E-state index contributed by atoms with van der Waals surface area (Å²) in [6, 6.07) is 2.88. The Morgan fingerprint density at radius 3 is 2.65 bits per heavy atom. The van der Waals surface area contributed by atoms with Crippen molar-refractivity contribution in [2.75, 3.05) is 25.5 Å². The first-order chi connectivity index (χ1) is 9.38. The number of piperidine rings is 1. The van der Waals surface area contributed by atoms with Gasteiger partial charge in [-0.1, -0.05) is 6.42 Å². The molecule has 0 bridgehead atoms. The van der Waals surface area contributed by atoms with Gasteiger partial charge in [-0.2, -0.15) is 13.2 Å². The van der Waals surface area contributed by atoms with E-state index in [4.69, 9.17) is 0 Å². The highest BCUT2D eigenvalue weighted by atomic mass is 19.4. The molecule has 0 aliphatic carbocycles. The first-order valence-electron chi connectivity index (χ1n) is 6.69. The van der Waals surface area contributed by atoms with Crippen molar-refractivity contribution in [2.45, 2.75) is 31.5 Å². The van der Waals surface area contributed by atoms with E-state index in [9.17, 15) is 17.6 Å². The zero-order chi connectivity index (χ0) is 14.8. The molecule has 0 aromatic heterocycles. The fourth-order valence-corrected chi connectivity index (χ4v) is 2.46. The lowest BCUT2D eigenvalue weighted by atomic mass is 10.0. The second-order valence-electron chi connectivity index (χ2n) is 5.20. The zero-order valence-electron chi connectivity index (χ0n) is 11.3. The van der Waals surface area contributed by atoms with Crippen molar-refractivity contribution in [3.8, 4) is 0 Å². The Labute approximate surface area is 115 Å². The minimum atomic E-state index is -4.51. The number of rotatable bonds is 3. The number of halogens is 4. The summed E-state index contributed by atoms with van der Waals surface area (Å²) in [7, 11) is 2.01. The molecule has 1 atom stereocenters. The maximum Gasteiger partial charge on any atom is 0.416 e. The van der Waals surface area contributed by atoms with Crippen molar-refractivity contribution in [1.29, 1.82) is 0 Å². The molecule has 1 saturated heterocycles. The van der Waals surface area contributed by atoms with Gasteiger partial charge in [0.25, 0.3) is 0 Å². The van der Waals surface area contributed by atoms with Crippen LogP contribution in [0.15, 0.2) is 18.2 Å². The van der Waals surface area contributed by atoms with Crippen LogP contribution in [0.25, 0.3) is 0 Å². The van der Waals surface area contributed by atoms with E-state index in [-0.39, 0.29) is 5.69 Å². The first kappa shape index (κ1) is 15.1. The largest absolute Gasteiger partial charge is 0.416 e. The Bertz CT molecular complexity index is 459. The van der Waals surface area contributed by atoms with E-state index in [1.165, 1.54) is 0 Å². The summed E-state index contributed by atoms with van der Waals surface area (Å²) in [6.07, 6.45) is -1.21. The van der Waals surface area contributed by atoms with E-state index < -0.39 is 17.6 Å². The molecule has 20 heavy (non-hydrogen) atoms. The number of benzene rings is 1. The van der Waals surface area contributed by atoms with Gasteiger partial charge < -0.3 is 10.2 Å². The van der Waals surface area contributed by atoms with E-state index in [1.807, 2.05) is 7.05 Å². The topological polar surface area (TPSA) is 15.3 Å². The minimum absolute atomic E-state index is 0.122. The van der Waals surface area contributed by atoms with Crippen LogP contribution in [0.4, 0.5) is 23.2 Å². The molecular weight excluding hydrogens is 272 g/mol. The number of hydrogen-bond donors (Lipinski definition) is 1. The van der Waals surface area contributed by atoms with Gasteiger partial charge in [-0.05, 0) is 44.6 Å².